The Morgan fingerprint density at radius 1 is 1.12 bits per heavy atom. The summed E-state index contributed by atoms with van der Waals surface area (Å²) in [5, 5.41) is 11.5. The zero-order chi connectivity index (χ0) is 18.4. The molecule has 3 N–H and O–H groups in total. The topological polar surface area (TPSA) is 64.1 Å². The van der Waals surface area contributed by atoms with Crippen LogP contribution in [0.25, 0.3) is 32.9 Å². The quantitative estimate of drug-likeness (QED) is 0.554. The van der Waals surface area contributed by atoms with E-state index in [1.165, 1.54) is 18.2 Å². The van der Waals surface area contributed by atoms with E-state index in [0.717, 1.165) is 6.42 Å². The van der Waals surface area contributed by atoms with E-state index >= 15 is 0 Å². The Morgan fingerprint density at radius 2 is 1.81 bits per heavy atom. The lowest BCUT2D eigenvalue weighted by molar-refractivity contribution is 0.421. The van der Waals surface area contributed by atoms with Gasteiger partial charge in [-0.15, -0.1) is 0 Å². The van der Waals surface area contributed by atoms with Crippen LogP contribution in [0.5, 0.6) is 5.88 Å². The van der Waals surface area contributed by atoms with Crippen molar-refractivity contribution in [2.75, 3.05) is 5.73 Å². The first-order chi connectivity index (χ1) is 12.5. The molecule has 6 heteroatoms. The number of hydrogen-bond acceptors (Lipinski definition) is 3. The molecule has 132 valence electrons. The molecule has 2 heterocycles. The van der Waals surface area contributed by atoms with Crippen LogP contribution in [0.3, 0.4) is 0 Å². The molecule has 0 radical (unpaired) electrons. The molecular weight excluding hydrogens is 336 g/mol. The summed E-state index contributed by atoms with van der Waals surface area (Å²) in [5.74, 6) is -1.27. The summed E-state index contributed by atoms with van der Waals surface area (Å²) in [4.78, 5) is 4.57. The molecule has 0 aliphatic heterocycles. The molecule has 0 saturated heterocycles. The number of hydrogen-bond donors (Lipinski definition) is 2. The third-order valence-electron chi connectivity index (χ3n) is 4.55. The molecule has 0 saturated carbocycles. The maximum Gasteiger partial charge on any atom is 0.202 e. The van der Waals surface area contributed by atoms with Gasteiger partial charge in [-0.05, 0) is 18.6 Å². The highest BCUT2D eigenvalue weighted by Crippen LogP contribution is 2.39. The largest absolute Gasteiger partial charge is 0.494 e. The monoisotopic (exact) mass is 353 g/mol. The molecule has 0 bridgehead atoms. The molecule has 4 aromatic rings. The number of aryl methyl sites for hydroxylation is 1. The number of benzene rings is 2. The van der Waals surface area contributed by atoms with Gasteiger partial charge in [-0.25, -0.2) is 13.8 Å². The standard InChI is InChI=1S/C20H17F2N3O/c1-2-9-25-10-15-17(20(25)26)18(23)12-6-3-5-11(19(12)24-15)16-13(21)7-4-8-14(16)22/h3-8,10,26H,2,9,23H2,1H3. The van der Waals surface area contributed by atoms with Crippen LogP contribution in [0.1, 0.15) is 13.3 Å². The number of aromatic nitrogens is 2. The van der Waals surface area contributed by atoms with E-state index in [4.69, 9.17) is 5.73 Å². The van der Waals surface area contributed by atoms with Crippen molar-refractivity contribution in [3.05, 3.63) is 54.2 Å². The number of rotatable bonds is 3. The number of nitrogens with zero attached hydrogens (tertiary/aromatic N) is 2. The maximum atomic E-state index is 14.3. The van der Waals surface area contributed by atoms with Gasteiger partial charge in [0, 0.05) is 23.7 Å². The van der Waals surface area contributed by atoms with E-state index in [1.807, 2.05) is 6.92 Å². The minimum Gasteiger partial charge on any atom is -0.494 e. The summed E-state index contributed by atoms with van der Waals surface area (Å²) in [6.07, 6.45) is 2.54. The lowest BCUT2D eigenvalue weighted by Crippen LogP contribution is -1.96. The first-order valence-electron chi connectivity index (χ1n) is 8.37. The van der Waals surface area contributed by atoms with Gasteiger partial charge in [-0.2, -0.15) is 0 Å². The number of halogens is 2. The Balaban J connectivity index is 2.10. The zero-order valence-corrected chi connectivity index (χ0v) is 14.1. The summed E-state index contributed by atoms with van der Waals surface area (Å²) >= 11 is 0. The van der Waals surface area contributed by atoms with Crippen LogP contribution < -0.4 is 5.73 Å². The normalized spacial score (nSPS) is 11.5. The van der Waals surface area contributed by atoms with Gasteiger partial charge < -0.3 is 15.4 Å². The second-order valence-corrected chi connectivity index (χ2v) is 6.23. The summed E-state index contributed by atoms with van der Waals surface area (Å²) in [5.41, 5.74) is 7.71. The van der Waals surface area contributed by atoms with Crippen molar-refractivity contribution >= 4 is 27.5 Å². The molecule has 0 fully saturated rings. The molecule has 4 nitrogen and oxygen atoms in total. The molecule has 0 amide bonds. The van der Waals surface area contributed by atoms with Crippen LogP contribution in [0, 0.1) is 11.6 Å². The average molecular weight is 353 g/mol. The predicted octanol–water partition coefficient (Wildman–Crippen LogP) is 4.83. The molecule has 0 spiro atoms. The highest BCUT2D eigenvalue weighted by Gasteiger charge is 2.19. The van der Waals surface area contributed by atoms with Crippen molar-refractivity contribution in [3.8, 4) is 17.0 Å². The van der Waals surface area contributed by atoms with Gasteiger partial charge in [-0.3, -0.25) is 0 Å². The predicted molar refractivity (Wildman–Crippen MR) is 99.0 cm³/mol. The Bertz CT molecular complexity index is 1130. The number of para-hydroxylation sites is 1. The van der Waals surface area contributed by atoms with Gasteiger partial charge in [0.2, 0.25) is 5.88 Å². The summed E-state index contributed by atoms with van der Waals surface area (Å²) in [7, 11) is 0. The molecule has 0 atom stereocenters. The fourth-order valence-electron chi connectivity index (χ4n) is 3.38. The van der Waals surface area contributed by atoms with E-state index in [1.54, 1.807) is 29.0 Å². The van der Waals surface area contributed by atoms with E-state index in [9.17, 15) is 13.9 Å². The third kappa shape index (κ3) is 2.29. The van der Waals surface area contributed by atoms with Crippen molar-refractivity contribution in [2.24, 2.45) is 0 Å². The fraction of sp³-hybridized carbons (Fsp3) is 0.150. The van der Waals surface area contributed by atoms with Crippen molar-refractivity contribution in [1.82, 2.24) is 9.55 Å². The summed E-state index contributed by atoms with van der Waals surface area (Å²) < 4.78 is 30.3. The van der Waals surface area contributed by atoms with Crippen molar-refractivity contribution < 1.29 is 13.9 Å². The highest BCUT2D eigenvalue weighted by atomic mass is 19.1. The molecule has 2 aromatic carbocycles. The van der Waals surface area contributed by atoms with Crippen LogP contribution in [-0.4, -0.2) is 14.7 Å². The molecule has 2 aromatic heterocycles. The van der Waals surface area contributed by atoms with E-state index in [0.29, 0.717) is 39.6 Å². The van der Waals surface area contributed by atoms with E-state index in [2.05, 4.69) is 4.98 Å². The number of fused-ring (bicyclic) bond motifs is 2. The van der Waals surface area contributed by atoms with Gasteiger partial charge in [-0.1, -0.05) is 31.2 Å². The zero-order valence-electron chi connectivity index (χ0n) is 14.1. The van der Waals surface area contributed by atoms with Crippen LogP contribution in [0.2, 0.25) is 0 Å². The first-order valence-corrected chi connectivity index (χ1v) is 8.37. The molecule has 0 unspecified atom stereocenters. The smallest absolute Gasteiger partial charge is 0.202 e. The first kappa shape index (κ1) is 16.3. The minimum absolute atomic E-state index is 0.0521. The summed E-state index contributed by atoms with van der Waals surface area (Å²) in [6.45, 7) is 2.61. The molecular formula is C20H17F2N3O. The highest BCUT2D eigenvalue weighted by molar-refractivity contribution is 6.12. The second-order valence-electron chi connectivity index (χ2n) is 6.23. The Labute approximate surface area is 148 Å². The molecule has 26 heavy (non-hydrogen) atoms. The van der Waals surface area contributed by atoms with E-state index < -0.39 is 11.6 Å². The van der Waals surface area contributed by atoms with Gasteiger partial charge in [0.15, 0.2) is 0 Å². The van der Waals surface area contributed by atoms with Crippen LogP contribution in [0.4, 0.5) is 14.5 Å². The Kier molecular flexibility index (Phi) is 3.76. The van der Waals surface area contributed by atoms with E-state index in [-0.39, 0.29) is 11.4 Å². The van der Waals surface area contributed by atoms with Crippen molar-refractivity contribution in [1.29, 1.82) is 0 Å². The van der Waals surface area contributed by atoms with Crippen LogP contribution in [-0.2, 0) is 6.54 Å². The molecule has 0 aliphatic rings. The SMILES string of the molecule is CCCn1cc2nc3c(-c4c(F)cccc4F)cccc3c(N)c2c1O. The minimum atomic E-state index is -0.663. The maximum absolute atomic E-state index is 14.3. The van der Waals surface area contributed by atoms with Gasteiger partial charge in [0.05, 0.1) is 27.7 Å². The van der Waals surface area contributed by atoms with Gasteiger partial charge in [0.1, 0.15) is 11.6 Å². The Hall–Kier alpha value is -3.15. The molecule has 4 rings (SSSR count). The number of nitrogen functional groups attached to an aromatic ring is 1. The number of aromatic hydroxyl groups is 1. The van der Waals surface area contributed by atoms with Crippen LogP contribution >= 0.6 is 0 Å². The van der Waals surface area contributed by atoms with Crippen molar-refractivity contribution in [2.45, 2.75) is 19.9 Å². The number of anilines is 1. The lowest BCUT2D eigenvalue weighted by Gasteiger charge is -2.10. The average Bonchev–Trinajstić information content (AvgIpc) is 2.92. The summed E-state index contributed by atoms with van der Waals surface area (Å²) in [6, 6.07) is 8.77. The second kappa shape index (κ2) is 5.98. The van der Waals surface area contributed by atoms with Gasteiger partial charge in [0.25, 0.3) is 0 Å². The van der Waals surface area contributed by atoms with Crippen molar-refractivity contribution in [3.63, 3.8) is 0 Å². The fourth-order valence-corrected chi connectivity index (χ4v) is 3.38. The Morgan fingerprint density at radius 3 is 2.50 bits per heavy atom. The lowest BCUT2D eigenvalue weighted by atomic mass is 9.99. The molecule has 0 aliphatic carbocycles. The number of pyridine rings is 1. The number of nitrogens with two attached hydrogens (primary N) is 1. The third-order valence-corrected chi connectivity index (χ3v) is 4.55. The van der Waals surface area contributed by atoms with Crippen LogP contribution in [0.15, 0.2) is 42.6 Å². The van der Waals surface area contributed by atoms with Gasteiger partial charge >= 0.3 is 0 Å².